The Bertz CT molecular complexity index is 677. The van der Waals surface area contributed by atoms with Gasteiger partial charge in [0.15, 0.2) is 0 Å². The van der Waals surface area contributed by atoms with Gasteiger partial charge in [0.25, 0.3) is 0 Å². The third-order valence-corrected chi connectivity index (χ3v) is 4.89. The molecule has 0 saturated heterocycles. The first-order valence-electron chi connectivity index (χ1n) is 7.29. The molecule has 21 heavy (non-hydrogen) atoms. The Kier molecular flexibility index (Phi) is 3.32. The van der Waals surface area contributed by atoms with E-state index in [9.17, 15) is 4.79 Å². The summed E-state index contributed by atoms with van der Waals surface area (Å²) >= 11 is 0. The number of carbonyl (C=O) groups excluding carboxylic acids is 1. The van der Waals surface area contributed by atoms with Gasteiger partial charge < -0.3 is 4.74 Å². The van der Waals surface area contributed by atoms with Crippen LogP contribution in [0.15, 0.2) is 36.7 Å². The maximum absolute atomic E-state index is 12.0. The maximum Gasteiger partial charge on any atom is 0.419 e. The summed E-state index contributed by atoms with van der Waals surface area (Å²) in [6.45, 7) is 4.41. The van der Waals surface area contributed by atoms with Crippen LogP contribution in [0, 0.1) is 5.92 Å². The smallest absolute Gasteiger partial charge is 0.419 e. The number of rotatable bonds is 1. The standard InChI is InChI=1S/C17H20N2O2/c1-12-8-9-13-6-4-5-7-14(13)17(12,2)15-18-10-11-19(15)16(20)21-3/h4-7,10-12H,8-9H2,1-3H3. The zero-order valence-corrected chi connectivity index (χ0v) is 12.7. The lowest BCUT2D eigenvalue weighted by Crippen LogP contribution is -2.40. The minimum Gasteiger partial charge on any atom is -0.452 e. The number of carbonyl (C=O) groups is 1. The van der Waals surface area contributed by atoms with Crippen molar-refractivity contribution in [3.8, 4) is 0 Å². The van der Waals surface area contributed by atoms with Crippen molar-refractivity contribution in [2.75, 3.05) is 7.11 Å². The van der Waals surface area contributed by atoms with E-state index in [1.807, 2.05) is 0 Å². The molecule has 4 nitrogen and oxygen atoms in total. The number of hydrogen-bond acceptors (Lipinski definition) is 3. The lowest BCUT2D eigenvalue weighted by molar-refractivity contribution is 0.169. The van der Waals surface area contributed by atoms with Gasteiger partial charge in [-0.25, -0.2) is 14.3 Å². The van der Waals surface area contributed by atoms with E-state index in [2.05, 4.69) is 43.1 Å². The van der Waals surface area contributed by atoms with Gasteiger partial charge in [-0.2, -0.15) is 0 Å². The molecule has 2 unspecified atom stereocenters. The molecule has 1 aliphatic rings. The molecule has 2 aromatic rings. The van der Waals surface area contributed by atoms with Crippen LogP contribution in [0.2, 0.25) is 0 Å². The number of benzene rings is 1. The van der Waals surface area contributed by atoms with Crippen molar-refractivity contribution in [3.63, 3.8) is 0 Å². The van der Waals surface area contributed by atoms with Crippen LogP contribution in [-0.2, 0) is 16.6 Å². The second-order valence-electron chi connectivity index (χ2n) is 5.89. The van der Waals surface area contributed by atoms with Crippen molar-refractivity contribution in [1.29, 1.82) is 0 Å². The summed E-state index contributed by atoms with van der Waals surface area (Å²) in [7, 11) is 1.40. The molecule has 2 atom stereocenters. The lowest BCUT2D eigenvalue weighted by atomic mass is 9.64. The number of methoxy groups -OCH3 is 1. The molecule has 1 aromatic heterocycles. The Morgan fingerprint density at radius 2 is 2.19 bits per heavy atom. The molecule has 0 fully saturated rings. The zero-order chi connectivity index (χ0) is 15.0. The van der Waals surface area contributed by atoms with Crippen molar-refractivity contribution >= 4 is 6.09 Å². The van der Waals surface area contributed by atoms with Gasteiger partial charge in [0, 0.05) is 12.4 Å². The van der Waals surface area contributed by atoms with E-state index in [1.54, 1.807) is 12.4 Å². The summed E-state index contributed by atoms with van der Waals surface area (Å²) in [5.41, 5.74) is 2.32. The fourth-order valence-electron chi connectivity index (χ4n) is 3.45. The van der Waals surface area contributed by atoms with E-state index < -0.39 is 0 Å². The largest absolute Gasteiger partial charge is 0.452 e. The van der Waals surface area contributed by atoms with Crippen LogP contribution in [0.4, 0.5) is 4.79 Å². The van der Waals surface area contributed by atoms with Crippen LogP contribution in [-0.4, -0.2) is 22.8 Å². The van der Waals surface area contributed by atoms with Crippen molar-refractivity contribution in [3.05, 3.63) is 53.6 Å². The molecule has 0 N–H and O–H groups in total. The van der Waals surface area contributed by atoms with Crippen molar-refractivity contribution in [1.82, 2.24) is 9.55 Å². The predicted octanol–water partition coefficient (Wildman–Crippen LogP) is 3.39. The van der Waals surface area contributed by atoms with Gasteiger partial charge >= 0.3 is 6.09 Å². The molecule has 0 aliphatic heterocycles. The first-order chi connectivity index (χ1) is 10.1. The van der Waals surface area contributed by atoms with E-state index >= 15 is 0 Å². The maximum atomic E-state index is 12.0. The minimum absolute atomic E-state index is 0.285. The second-order valence-corrected chi connectivity index (χ2v) is 5.89. The van der Waals surface area contributed by atoms with Crippen LogP contribution >= 0.6 is 0 Å². The number of fused-ring (bicyclic) bond motifs is 1. The molecule has 0 radical (unpaired) electrons. The van der Waals surface area contributed by atoms with Crippen LogP contribution < -0.4 is 0 Å². The molecular formula is C17H20N2O2. The summed E-state index contributed by atoms with van der Waals surface area (Å²) in [4.78, 5) is 16.5. The Hall–Kier alpha value is -2.10. The van der Waals surface area contributed by atoms with Gasteiger partial charge in [0.05, 0.1) is 12.5 Å². The van der Waals surface area contributed by atoms with Gasteiger partial charge in [-0.15, -0.1) is 0 Å². The van der Waals surface area contributed by atoms with E-state index in [4.69, 9.17) is 4.74 Å². The molecule has 0 saturated carbocycles. The van der Waals surface area contributed by atoms with Gasteiger partial charge in [-0.05, 0) is 36.8 Å². The molecule has 1 aromatic carbocycles. The monoisotopic (exact) mass is 284 g/mol. The Balaban J connectivity index is 2.21. The number of aryl methyl sites for hydroxylation is 1. The van der Waals surface area contributed by atoms with Crippen LogP contribution in [0.25, 0.3) is 0 Å². The summed E-state index contributed by atoms with van der Waals surface area (Å²) in [6, 6.07) is 8.45. The molecule has 0 bridgehead atoms. The van der Waals surface area contributed by atoms with Crippen LogP contribution in [0.5, 0.6) is 0 Å². The quantitative estimate of drug-likeness (QED) is 0.806. The Labute approximate surface area is 124 Å². The zero-order valence-electron chi connectivity index (χ0n) is 12.7. The Morgan fingerprint density at radius 3 is 2.95 bits per heavy atom. The van der Waals surface area contributed by atoms with Gasteiger partial charge in [-0.1, -0.05) is 31.2 Å². The predicted molar refractivity (Wildman–Crippen MR) is 80.4 cm³/mol. The highest BCUT2D eigenvalue weighted by Gasteiger charge is 2.43. The summed E-state index contributed by atoms with van der Waals surface area (Å²) in [5, 5.41) is 0. The number of ether oxygens (including phenoxy) is 1. The van der Waals surface area contributed by atoms with E-state index in [-0.39, 0.29) is 11.5 Å². The number of aromatic nitrogens is 2. The molecule has 3 rings (SSSR count). The first-order valence-corrected chi connectivity index (χ1v) is 7.29. The molecule has 0 amide bonds. The summed E-state index contributed by atoms with van der Waals surface area (Å²) in [6.07, 6.45) is 5.12. The Morgan fingerprint density at radius 1 is 1.43 bits per heavy atom. The highest BCUT2D eigenvalue weighted by molar-refractivity contribution is 5.71. The molecular weight excluding hydrogens is 264 g/mol. The third-order valence-electron chi connectivity index (χ3n) is 4.89. The number of hydrogen-bond donors (Lipinski definition) is 0. The van der Waals surface area contributed by atoms with E-state index in [1.165, 1.54) is 22.8 Å². The minimum atomic E-state index is -0.390. The van der Waals surface area contributed by atoms with Crippen molar-refractivity contribution in [2.24, 2.45) is 5.92 Å². The van der Waals surface area contributed by atoms with Crippen LogP contribution in [0.1, 0.15) is 37.2 Å². The highest BCUT2D eigenvalue weighted by atomic mass is 16.5. The second kappa shape index (κ2) is 5.02. The SMILES string of the molecule is COC(=O)n1ccnc1C1(C)c2ccccc2CCC1C. The van der Waals surface area contributed by atoms with Gasteiger partial charge in [0.1, 0.15) is 5.82 Å². The number of imidazole rings is 1. The third kappa shape index (κ3) is 1.97. The number of nitrogens with zero attached hydrogens (tertiary/aromatic N) is 2. The van der Waals surface area contributed by atoms with Crippen molar-refractivity contribution < 1.29 is 9.53 Å². The fourth-order valence-corrected chi connectivity index (χ4v) is 3.45. The topological polar surface area (TPSA) is 44.1 Å². The average Bonchev–Trinajstić information content (AvgIpc) is 3.00. The molecule has 1 aliphatic carbocycles. The summed E-state index contributed by atoms with van der Waals surface area (Å²) < 4.78 is 6.40. The van der Waals surface area contributed by atoms with E-state index in [0.717, 1.165) is 18.7 Å². The van der Waals surface area contributed by atoms with Crippen molar-refractivity contribution in [2.45, 2.75) is 32.1 Å². The molecule has 0 spiro atoms. The van der Waals surface area contributed by atoms with Gasteiger partial charge in [-0.3, -0.25) is 0 Å². The molecule has 4 heteroatoms. The lowest BCUT2D eigenvalue weighted by Gasteiger charge is -2.40. The summed E-state index contributed by atoms with van der Waals surface area (Å²) in [5.74, 6) is 1.16. The van der Waals surface area contributed by atoms with E-state index in [0.29, 0.717) is 5.92 Å². The normalized spacial score (nSPS) is 24.4. The van der Waals surface area contributed by atoms with Gasteiger partial charge in [0.2, 0.25) is 0 Å². The molecule has 1 heterocycles. The average molecular weight is 284 g/mol. The van der Waals surface area contributed by atoms with Crippen LogP contribution in [0.3, 0.4) is 0 Å². The first kappa shape index (κ1) is 13.9. The molecule has 110 valence electrons. The fraction of sp³-hybridized carbons (Fsp3) is 0.412. The highest BCUT2D eigenvalue weighted by Crippen LogP contribution is 2.45.